The second-order valence-electron chi connectivity index (χ2n) is 7.95. The summed E-state index contributed by atoms with van der Waals surface area (Å²) in [5, 5.41) is 6.82. The fourth-order valence-corrected chi connectivity index (χ4v) is 4.79. The van der Waals surface area contributed by atoms with Gasteiger partial charge in [0, 0.05) is 36.0 Å². The average Bonchev–Trinajstić information content (AvgIpc) is 3.34. The van der Waals surface area contributed by atoms with E-state index in [1.807, 2.05) is 47.5 Å². The van der Waals surface area contributed by atoms with Gasteiger partial charge in [-0.25, -0.2) is 0 Å². The van der Waals surface area contributed by atoms with E-state index in [2.05, 4.69) is 16.3 Å². The van der Waals surface area contributed by atoms with Gasteiger partial charge in [-0.3, -0.25) is 9.89 Å². The number of H-pyrrole nitrogens is 1. The summed E-state index contributed by atoms with van der Waals surface area (Å²) in [6.07, 6.45) is 6.04. The number of amides is 1. The van der Waals surface area contributed by atoms with Crippen molar-refractivity contribution in [2.24, 2.45) is 0 Å². The van der Waals surface area contributed by atoms with E-state index in [0.29, 0.717) is 25.3 Å². The minimum atomic E-state index is -0.365. The van der Waals surface area contributed by atoms with E-state index in [1.54, 1.807) is 13.3 Å². The Bertz CT molecular complexity index is 1040. The molecule has 1 aromatic heterocycles. The van der Waals surface area contributed by atoms with Crippen LogP contribution in [0.25, 0.3) is 11.1 Å². The monoisotopic (exact) mass is 403 g/mol. The molecule has 3 heterocycles. The molecule has 3 aromatic rings. The number of ether oxygens (including phenoxy) is 2. The van der Waals surface area contributed by atoms with E-state index >= 15 is 0 Å². The third kappa shape index (κ3) is 3.17. The lowest BCUT2D eigenvalue weighted by Gasteiger charge is -2.45. The van der Waals surface area contributed by atoms with Gasteiger partial charge in [-0.1, -0.05) is 24.3 Å². The van der Waals surface area contributed by atoms with Crippen molar-refractivity contribution in [3.05, 3.63) is 71.5 Å². The van der Waals surface area contributed by atoms with Gasteiger partial charge >= 0.3 is 0 Å². The highest BCUT2D eigenvalue weighted by Crippen LogP contribution is 2.45. The Morgan fingerprint density at radius 3 is 2.77 bits per heavy atom. The molecule has 1 spiro atoms. The van der Waals surface area contributed by atoms with Crippen LogP contribution in [0.15, 0.2) is 54.9 Å². The van der Waals surface area contributed by atoms with Crippen molar-refractivity contribution in [2.75, 3.05) is 26.8 Å². The van der Waals surface area contributed by atoms with E-state index in [9.17, 15) is 4.79 Å². The zero-order valence-corrected chi connectivity index (χ0v) is 17.1. The molecule has 1 N–H and O–H groups in total. The highest BCUT2D eigenvalue weighted by Gasteiger charge is 2.43. The molecule has 154 valence electrons. The Morgan fingerprint density at radius 2 is 2.00 bits per heavy atom. The van der Waals surface area contributed by atoms with Gasteiger partial charge < -0.3 is 14.4 Å². The smallest absolute Gasteiger partial charge is 0.253 e. The van der Waals surface area contributed by atoms with Crippen LogP contribution in [-0.2, 0) is 16.8 Å². The van der Waals surface area contributed by atoms with Gasteiger partial charge in [-0.05, 0) is 48.6 Å². The minimum Gasteiger partial charge on any atom is -0.496 e. The Morgan fingerprint density at radius 1 is 1.17 bits per heavy atom. The molecule has 6 heteroatoms. The average molecular weight is 403 g/mol. The van der Waals surface area contributed by atoms with Gasteiger partial charge in [0.05, 0.1) is 19.9 Å². The number of piperidine rings is 1. The minimum absolute atomic E-state index is 0.0613. The number of aromatic amines is 1. The first-order valence-corrected chi connectivity index (χ1v) is 10.4. The van der Waals surface area contributed by atoms with Crippen molar-refractivity contribution in [3.63, 3.8) is 0 Å². The molecule has 1 saturated heterocycles. The lowest BCUT2D eigenvalue weighted by molar-refractivity contribution is -0.0946. The third-order valence-corrected chi connectivity index (χ3v) is 6.34. The third-order valence-electron chi connectivity index (χ3n) is 6.34. The normalized spacial score (nSPS) is 17.6. The van der Waals surface area contributed by atoms with E-state index in [-0.39, 0.29) is 11.5 Å². The van der Waals surface area contributed by atoms with Crippen molar-refractivity contribution in [1.82, 2.24) is 15.1 Å². The number of carbonyl (C=O) groups is 1. The number of fused-ring (bicyclic) bond motifs is 2. The van der Waals surface area contributed by atoms with Crippen LogP contribution in [0.4, 0.5) is 0 Å². The lowest BCUT2D eigenvalue weighted by Crippen LogP contribution is -2.48. The summed E-state index contributed by atoms with van der Waals surface area (Å²) < 4.78 is 12.0. The summed E-state index contributed by atoms with van der Waals surface area (Å²) in [6, 6.07) is 14.0. The predicted octanol–water partition coefficient (Wildman–Crippen LogP) is 3.79. The number of benzene rings is 2. The largest absolute Gasteiger partial charge is 0.496 e. The van der Waals surface area contributed by atoms with Crippen molar-refractivity contribution >= 4 is 5.91 Å². The maximum absolute atomic E-state index is 13.2. The summed E-state index contributed by atoms with van der Waals surface area (Å²) in [7, 11) is 1.71. The van der Waals surface area contributed by atoms with Crippen molar-refractivity contribution in [2.45, 2.75) is 24.9 Å². The number of aromatic nitrogens is 2. The Balaban J connectivity index is 1.36. The second kappa shape index (κ2) is 7.61. The van der Waals surface area contributed by atoms with Gasteiger partial charge in [0.2, 0.25) is 0 Å². The molecule has 5 rings (SSSR count). The molecular formula is C24H25N3O3. The molecule has 1 fully saturated rings. The van der Waals surface area contributed by atoms with Crippen LogP contribution in [0.3, 0.4) is 0 Å². The van der Waals surface area contributed by atoms with Crippen LogP contribution < -0.4 is 4.74 Å². The molecule has 0 saturated carbocycles. The fourth-order valence-electron chi connectivity index (χ4n) is 4.79. The second-order valence-corrected chi connectivity index (χ2v) is 7.95. The number of nitrogens with one attached hydrogen (secondary N) is 1. The standard InChI is InChI=1S/C24H25N3O3/c1-29-21-7-3-4-17-8-13-30-24(22(17)21)9-11-27(12-10-24)23(28)19-6-2-5-18(14-19)20-15-25-26-16-20/h2-7,14-16H,8-13H2,1H3,(H,25,26). The molecule has 2 aromatic carbocycles. The predicted molar refractivity (Wildman–Crippen MR) is 113 cm³/mol. The number of carbonyl (C=O) groups excluding carboxylic acids is 1. The van der Waals surface area contributed by atoms with Gasteiger partial charge in [0.25, 0.3) is 5.91 Å². The summed E-state index contributed by atoms with van der Waals surface area (Å²) in [5.74, 6) is 0.950. The molecule has 30 heavy (non-hydrogen) atoms. The van der Waals surface area contributed by atoms with E-state index in [4.69, 9.17) is 9.47 Å². The van der Waals surface area contributed by atoms with Crippen LogP contribution in [0.2, 0.25) is 0 Å². The summed E-state index contributed by atoms with van der Waals surface area (Å²) >= 11 is 0. The van der Waals surface area contributed by atoms with Crippen molar-refractivity contribution in [1.29, 1.82) is 0 Å². The summed E-state index contributed by atoms with van der Waals surface area (Å²) in [5.41, 5.74) is 4.77. The van der Waals surface area contributed by atoms with Crippen molar-refractivity contribution < 1.29 is 14.3 Å². The van der Waals surface area contributed by atoms with Gasteiger partial charge in [0.15, 0.2) is 0 Å². The van der Waals surface area contributed by atoms with Gasteiger partial charge in [-0.2, -0.15) is 5.10 Å². The molecule has 0 radical (unpaired) electrons. The Kier molecular flexibility index (Phi) is 4.79. The van der Waals surface area contributed by atoms with Crippen LogP contribution in [-0.4, -0.2) is 47.8 Å². The number of likely N-dealkylation sites (tertiary alicyclic amines) is 1. The first kappa shape index (κ1) is 18.9. The number of hydrogen-bond donors (Lipinski definition) is 1. The number of nitrogens with zero attached hydrogens (tertiary/aromatic N) is 2. The maximum Gasteiger partial charge on any atom is 0.253 e. The molecule has 0 bridgehead atoms. The zero-order valence-electron chi connectivity index (χ0n) is 17.1. The summed E-state index contributed by atoms with van der Waals surface area (Å²) in [6.45, 7) is 2.03. The van der Waals surface area contributed by atoms with E-state index in [1.165, 1.54) is 11.1 Å². The molecule has 2 aliphatic heterocycles. The molecule has 0 aliphatic carbocycles. The van der Waals surface area contributed by atoms with Crippen LogP contribution in [0.5, 0.6) is 5.75 Å². The summed E-state index contributed by atoms with van der Waals surface area (Å²) in [4.78, 5) is 15.1. The van der Waals surface area contributed by atoms with E-state index in [0.717, 1.165) is 36.1 Å². The molecular weight excluding hydrogens is 378 g/mol. The molecule has 2 aliphatic rings. The molecule has 6 nitrogen and oxygen atoms in total. The van der Waals surface area contributed by atoms with Gasteiger partial charge in [-0.15, -0.1) is 0 Å². The van der Waals surface area contributed by atoms with E-state index < -0.39 is 0 Å². The van der Waals surface area contributed by atoms with Crippen LogP contribution in [0.1, 0.15) is 34.3 Å². The number of hydrogen-bond acceptors (Lipinski definition) is 4. The van der Waals surface area contributed by atoms with Crippen LogP contribution >= 0.6 is 0 Å². The quantitative estimate of drug-likeness (QED) is 0.723. The maximum atomic E-state index is 13.2. The Hall–Kier alpha value is -3.12. The number of methoxy groups -OCH3 is 1. The highest BCUT2D eigenvalue weighted by atomic mass is 16.5. The fraction of sp³-hybridized carbons (Fsp3) is 0.333. The van der Waals surface area contributed by atoms with Gasteiger partial charge in [0.1, 0.15) is 11.4 Å². The highest BCUT2D eigenvalue weighted by molar-refractivity contribution is 5.95. The molecule has 0 atom stereocenters. The first-order valence-electron chi connectivity index (χ1n) is 10.4. The number of rotatable bonds is 3. The topological polar surface area (TPSA) is 67.5 Å². The molecule has 1 amide bonds. The Labute approximate surface area is 175 Å². The lowest BCUT2D eigenvalue weighted by atomic mass is 9.78. The van der Waals surface area contributed by atoms with Crippen molar-refractivity contribution in [3.8, 4) is 16.9 Å². The zero-order chi connectivity index (χ0) is 20.6. The first-order chi connectivity index (χ1) is 14.7. The molecule has 0 unspecified atom stereocenters. The van der Waals surface area contributed by atoms with Crippen LogP contribution in [0, 0.1) is 0 Å². The SMILES string of the molecule is COc1cccc2c1C1(CCN(C(=O)c3cccc(-c4cn[nH]c4)c3)CC1)OCC2.